The molecule has 2 aromatic rings. The van der Waals surface area contributed by atoms with Crippen molar-refractivity contribution in [1.82, 2.24) is 10.2 Å². The number of nitrogens with zero attached hydrogens (tertiary/aromatic N) is 1. The maximum Gasteiger partial charge on any atom is 0.131 e. The summed E-state index contributed by atoms with van der Waals surface area (Å²) >= 11 is 1.56. The van der Waals surface area contributed by atoms with Crippen LogP contribution in [0, 0.1) is 5.82 Å². The van der Waals surface area contributed by atoms with Crippen molar-refractivity contribution in [2.24, 2.45) is 0 Å². The van der Waals surface area contributed by atoms with E-state index in [0.717, 1.165) is 62.4 Å². The van der Waals surface area contributed by atoms with Crippen LogP contribution in [0.5, 0.6) is 0 Å². The van der Waals surface area contributed by atoms with Gasteiger partial charge in [-0.25, -0.2) is 4.39 Å². The Kier molecular flexibility index (Phi) is 6.37. The minimum Gasteiger partial charge on any atom is -0.393 e. The van der Waals surface area contributed by atoms with Crippen LogP contribution in [0.2, 0.25) is 0 Å². The van der Waals surface area contributed by atoms with Crippen molar-refractivity contribution in [3.05, 3.63) is 47.1 Å². The minimum atomic E-state index is -0.159. The van der Waals surface area contributed by atoms with E-state index in [1.807, 2.05) is 29.6 Å². The number of piperidine rings is 1. The van der Waals surface area contributed by atoms with Gasteiger partial charge in [0.25, 0.3) is 0 Å². The SMILES string of the molecule is OC1CCN(CCCNCc2ccc(F)c(-c3cccs3)c2)CC1. The van der Waals surface area contributed by atoms with E-state index in [9.17, 15) is 9.50 Å². The second-order valence-electron chi connectivity index (χ2n) is 6.39. The third-order valence-electron chi connectivity index (χ3n) is 4.53. The first-order valence-corrected chi connectivity index (χ1v) is 9.54. The Bertz CT molecular complexity index is 624. The van der Waals surface area contributed by atoms with Gasteiger partial charge >= 0.3 is 0 Å². The summed E-state index contributed by atoms with van der Waals surface area (Å²) in [6.07, 6.45) is 2.79. The fourth-order valence-electron chi connectivity index (χ4n) is 3.11. The normalized spacial score (nSPS) is 16.6. The Labute approximate surface area is 147 Å². The molecule has 1 aromatic carbocycles. The van der Waals surface area contributed by atoms with Crippen LogP contribution in [-0.2, 0) is 6.54 Å². The van der Waals surface area contributed by atoms with Gasteiger partial charge < -0.3 is 15.3 Å². The van der Waals surface area contributed by atoms with Crippen molar-refractivity contribution in [3.63, 3.8) is 0 Å². The first-order valence-electron chi connectivity index (χ1n) is 8.66. The highest BCUT2D eigenvalue weighted by atomic mass is 32.1. The summed E-state index contributed by atoms with van der Waals surface area (Å²) < 4.78 is 14.0. The predicted octanol–water partition coefficient (Wildman–Crippen LogP) is 3.49. The average molecular weight is 348 g/mol. The smallest absolute Gasteiger partial charge is 0.131 e. The molecule has 0 aliphatic carbocycles. The summed E-state index contributed by atoms with van der Waals surface area (Å²) in [5, 5.41) is 14.9. The second-order valence-corrected chi connectivity index (χ2v) is 7.34. The lowest BCUT2D eigenvalue weighted by molar-refractivity contribution is 0.0821. The number of benzene rings is 1. The number of hydrogen-bond donors (Lipinski definition) is 2. The molecule has 2 heterocycles. The molecule has 130 valence electrons. The topological polar surface area (TPSA) is 35.5 Å². The van der Waals surface area contributed by atoms with E-state index in [4.69, 9.17) is 0 Å². The van der Waals surface area contributed by atoms with E-state index in [1.54, 1.807) is 17.4 Å². The number of halogens is 1. The molecular formula is C19H25FN2OS. The largest absolute Gasteiger partial charge is 0.393 e. The monoisotopic (exact) mass is 348 g/mol. The van der Waals surface area contributed by atoms with Crippen LogP contribution in [0.25, 0.3) is 10.4 Å². The molecule has 1 aliphatic rings. The third kappa shape index (κ3) is 4.86. The van der Waals surface area contributed by atoms with Gasteiger partial charge in [0.15, 0.2) is 0 Å². The van der Waals surface area contributed by atoms with Crippen molar-refractivity contribution >= 4 is 11.3 Å². The van der Waals surface area contributed by atoms with E-state index in [1.165, 1.54) is 0 Å². The zero-order chi connectivity index (χ0) is 16.8. The number of nitrogens with one attached hydrogen (secondary N) is 1. The average Bonchev–Trinajstić information content (AvgIpc) is 3.12. The molecule has 3 rings (SSSR count). The van der Waals surface area contributed by atoms with Crippen molar-refractivity contribution < 1.29 is 9.50 Å². The summed E-state index contributed by atoms with van der Waals surface area (Å²) in [4.78, 5) is 3.39. The zero-order valence-electron chi connectivity index (χ0n) is 13.9. The first-order chi connectivity index (χ1) is 11.7. The molecule has 24 heavy (non-hydrogen) atoms. The fourth-order valence-corrected chi connectivity index (χ4v) is 3.85. The van der Waals surface area contributed by atoms with Crippen LogP contribution in [0.4, 0.5) is 4.39 Å². The molecule has 1 aromatic heterocycles. The number of aliphatic hydroxyl groups excluding tert-OH is 1. The standard InChI is InChI=1S/C19H25FN2OS/c20-18-5-4-15(13-17(18)19-3-1-12-24-19)14-21-8-2-9-22-10-6-16(23)7-11-22/h1,3-5,12-13,16,21,23H,2,6-11,14H2. The van der Waals surface area contributed by atoms with Crippen molar-refractivity contribution in [2.75, 3.05) is 26.2 Å². The molecule has 1 saturated heterocycles. The Morgan fingerprint density at radius 3 is 2.83 bits per heavy atom. The zero-order valence-corrected chi connectivity index (χ0v) is 14.7. The lowest BCUT2D eigenvalue weighted by Crippen LogP contribution is -2.37. The number of likely N-dealkylation sites (tertiary alicyclic amines) is 1. The predicted molar refractivity (Wildman–Crippen MR) is 97.7 cm³/mol. The first kappa shape index (κ1) is 17.5. The molecule has 0 spiro atoms. The lowest BCUT2D eigenvalue weighted by Gasteiger charge is -2.29. The van der Waals surface area contributed by atoms with E-state index in [-0.39, 0.29) is 11.9 Å². The summed E-state index contributed by atoms with van der Waals surface area (Å²) in [6.45, 7) is 4.79. The summed E-state index contributed by atoms with van der Waals surface area (Å²) in [5.74, 6) is -0.159. The molecule has 0 atom stereocenters. The molecule has 0 saturated carbocycles. The van der Waals surface area contributed by atoms with Crippen LogP contribution in [-0.4, -0.2) is 42.3 Å². The highest BCUT2D eigenvalue weighted by molar-refractivity contribution is 7.13. The van der Waals surface area contributed by atoms with E-state index in [0.29, 0.717) is 5.56 Å². The summed E-state index contributed by atoms with van der Waals surface area (Å²) in [5.41, 5.74) is 1.80. The van der Waals surface area contributed by atoms with E-state index >= 15 is 0 Å². The van der Waals surface area contributed by atoms with Gasteiger partial charge in [-0.05, 0) is 61.5 Å². The Hall–Kier alpha value is -1.27. The van der Waals surface area contributed by atoms with Crippen molar-refractivity contribution in [2.45, 2.75) is 31.9 Å². The van der Waals surface area contributed by atoms with Gasteiger partial charge in [-0.3, -0.25) is 0 Å². The molecule has 3 nitrogen and oxygen atoms in total. The molecule has 2 N–H and O–H groups in total. The maximum absolute atomic E-state index is 14.0. The van der Waals surface area contributed by atoms with Gasteiger partial charge in [-0.1, -0.05) is 12.1 Å². The number of thiophene rings is 1. The van der Waals surface area contributed by atoms with Crippen molar-refractivity contribution in [3.8, 4) is 10.4 Å². The van der Waals surface area contributed by atoms with Gasteiger partial charge in [0.05, 0.1) is 6.10 Å². The van der Waals surface area contributed by atoms with Gasteiger partial charge in [0.2, 0.25) is 0 Å². The Balaban J connectivity index is 1.41. The number of hydrogen-bond acceptors (Lipinski definition) is 4. The van der Waals surface area contributed by atoms with Crippen molar-refractivity contribution in [1.29, 1.82) is 0 Å². The molecule has 1 fully saturated rings. The number of aliphatic hydroxyl groups is 1. The van der Waals surface area contributed by atoms with E-state index < -0.39 is 0 Å². The third-order valence-corrected chi connectivity index (χ3v) is 5.43. The highest BCUT2D eigenvalue weighted by Gasteiger charge is 2.15. The van der Waals surface area contributed by atoms with Crippen LogP contribution >= 0.6 is 11.3 Å². The van der Waals surface area contributed by atoms with Gasteiger partial charge in [0, 0.05) is 30.1 Å². The highest BCUT2D eigenvalue weighted by Crippen LogP contribution is 2.28. The van der Waals surface area contributed by atoms with Gasteiger partial charge in [0.1, 0.15) is 5.82 Å². The van der Waals surface area contributed by atoms with E-state index in [2.05, 4.69) is 10.2 Å². The summed E-state index contributed by atoms with van der Waals surface area (Å²) in [7, 11) is 0. The van der Waals surface area contributed by atoms with Crippen LogP contribution in [0.1, 0.15) is 24.8 Å². The molecule has 0 bridgehead atoms. The molecule has 0 radical (unpaired) electrons. The fraction of sp³-hybridized carbons (Fsp3) is 0.474. The Morgan fingerprint density at radius 2 is 2.08 bits per heavy atom. The molecular weight excluding hydrogens is 323 g/mol. The maximum atomic E-state index is 14.0. The Morgan fingerprint density at radius 1 is 1.25 bits per heavy atom. The lowest BCUT2D eigenvalue weighted by atomic mass is 10.1. The number of rotatable bonds is 7. The quantitative estimate of drug-likeness (QED) is 0.752. The summed E-state index contributed by atoms with van der Waals surface area (Å²) in [6, 6.07) is 9.26. The molecule has 5 heteroatoms. The van der Waals surface area contributed by atoms with Crippen LogP contribution in [0.3, 0.4) is 0 Å². The molecule has 0 unspecified atom stereocenters. The second kappa shape index (κ2) is 8.72. The van der Waals surface area contributed by atoms with Gasteiger partial charge in [-0.15, -0.1) is 11.3 Å². The minimum absolute atomic E-state index is 0.101. The van der Waals surface area contributed by atoms with Gasteiger partial charge in [-0.2, -0.15) is 0 Å². The molecule has 1 aliphatic heterocycles. The van der Waals surface area contributed by atoms with Crippen LogP contribution in [0.15, 0.2) is 35.7 Å². The molecule has 0 amide bonds. The van der Waals surface area contributed by atoms with Crippen LogP contribution < -0.4 is 5.32 Å².